The van der Waals surface area contributed by atoms with Crippen LogP contribution >= 0.6 is 15.9 Å². The van der Waals surface area contributed by atoms with E-state index in [-0.39, 0.29) is 23.8 Å². The van der Waals surface area contributed by atoms with Crippen LogP contribution in [0.3, 0.4) is 0 Å². The van der Waals surface area contributed by atoms with Gasteiger partial charge in [0.15, 0.2) is 0 Å². The van der Waals surface area contributed by atoms with Gasteiger partial charge in [0.1, 0.15) is 5.82 Å². The number of carbonyl (C=O) groups is 1. The molecule has 1 aromatic rings. The highest BCUT2D eigenvalue weighted by Gasteiger charge is 2.26. The maximum Gasteiger partial charge on any atom is 0.252 e. The third kappa shape index (κ3) is 2.84. The highest BCUT2D eigenvalue weighted by molar-refractivity contribution is 9.10. The van der Waals surface area contributed by atoms with Crippen LogP contribution in [-0.4, -0.2) is 18.0 Å². The molecule has 1 aromatic carbocycles. The van der Waals surface area contributed by atoms with Crippen molar-refractivity contribution in [3.05, 3.63) is 34.1 Å². The molecule has 17 heavy (non-hydrogen) atoms. The quantitative estimate of drug-likeness (QED) is 0.880. The van der Waals surface area contributed by atoms with Gasteiger partial charge in [0.25, 0.3) is 5.91 Å². The van der Waals surface area contributed by atoms with Crippen molar-refractivity contribution in [2.45, 2.75) is 31.3 Å². The summed E-state index contributed by atoms with van der Waals surface area (Å²) >= 11 is 3.18. The topological polar surface area (TPSA) is 55.1 Å². The lowest BCUT2D eigenvalue weighted by molar-refractivity contribution is 0.0934. The minimum Gasteiger partial charge on any atom is -0.348 e. The normalized spacial score (nSPS) is 23.7. The highest BCUT2D eigenvalue weighted by Crippen LogP contribution is 2.21. The molecule has 2 rings (SSSR count). The molecule has 0 bridgehead atoms. The number of hydrogen-bond acceptors (Lipinski definition) is 2. The second-order valence-corrected chi connectivity index (χ2v) is 5.15. The van der Waals surface area contributed by atoms with Crippen molar-refractivity contribution in [2.75, 3.05) is 0 Å². The molecule has 5 heteroatoms. The lowest BCUT2D eigenvalue weighted by Crippen LogP contribution is -2.44. The summed E-state index contributed by atoms with van der Waals surface area (Å²) in [6.07, 6.45) is 2.89. The molecule has 1 fully saturated rings. The Kier molecular flexibility index (Phi) is 3.79. The molecule has 0 radical (unpaired) electrons. The minimum atomic E-state index is -0.369. The van der Waals surface area contributed by atoms with Crippen LogP contribution in [0.25, 0.3) is 0 Å². The maximum absolute atomic E-state index is 12.9. The van der Waals surface area contributed by atoms with Crippen LogP contribution in [0, 0.1) is 5.82 Å². The molecule has 0 aliphatic heterocycles. The van der Waals surface area contributed by atoms with Crippen molar-refractivity contribution in [3.63, 3.8) is 0 Å². The molecule has 92 valence electrons. The number of nitrogens with two attached hydrogens (primary N) is 1. The molecule has 2 unspecified atom stereocenters. The molecule has 0 spiro atoms. The van der Waals surface area contributed by atoms with Crippen molar-refractivity contribution >= 4 is 21.8 Å². The first kappa shape index (κ1) is 12.5. The van der Waals surface area contributed by atoms with E-state index in [9.17, 15) is 9.18 Å². The van der Waals surface area contributed by atoms with Crippen LogP contribution < -0.4 is 11.1 Å². The summed E-state index contributed by atoms with van der Waals surface area (Å²) in [6, 6.07) is 4.07. The third-order valence-corrected chi connectivity index (χ3v) is 3.72. The van der Waals surface area contributed by atoms with E-state index in [1.54, 1.807) is 0 Å². The van der Waals surface area contributed by atoms with E-state index in [2.05, 4.69) is 21.2 Å². The number of hydrogen-bond donors (Lipinski definition) is 2. The van der Waals surface area contributed by atoms with Gasteiger partial charge in [0.2, 0.25) is 0 Å². The van der Waals surface area contributed by atoms with Crippen LogP contribution in [0.5, 0.6) is 0 Å². The summed E-state index contributed by atoms with van der Waals surface area (Å²) in [5.41, 5.74) is 6.32. The Hall–Kier alpha value is -0.940. The molecular weight excluding hydrogens is 287 g/mol. The SMILES string of the molecule is NC1CCCC1NC(=O)c1ccc(F)cc1Br. The van der Waals surface area contributed by atoms with Crippen LogP contribution in [0.4, 0.5) is 4.39 Å². The summed E-state index contributed by atoms with van der Waals surface area (Å²) in [5, 5.41) is 2.89. The number of halogens is 2. The van der Waals surface area contributed by atoms with E-state index in [1.165, 1.54) is 18.2 Å². The van der Waals surface area contributed by atoms with Crippen LogP contribution in [0.15, 0.2) is 22.7 Å². The van der Waals surface area contributed by atoms with Gasteiger partial charge in [-0.3, -0.25) is 4.79 Å². The summed E-state index contributed by atoms with van der Waals surface area (Å²) < 4.78 is 13.4. The first-order valence-electron chi connectivity index (χ1n) is 5.59. The number of amides is 1. The van der Waals surface area contributed by atoms with Gasteiger partial charge in [-0.25, -0.2) is 4.39 Å². The predicted octanol–water partition coefficient (Wildman–Crippen LogP) is 2.20. The van der Waals surface area contributed by atoms with Crippen molar-refractivity contribution in [1.82, 2.24) is 5.32 Å². The van der Waals surface area contributed by atoms with E-state index in [0.29, 0.717) is 10.0 Å². The van der Waals surface area contributed by atoms with E-state index < -0.39 is 0 Å². The van der Waals surface area contributed by atoms with Crippen LogP contribution in [0.2, 0.25) is 0 Å². The maximum atomic E-state index is 12.9. The van der Waals surface area contributed by atoms with E-state index in [0.717, 1.165) is 19.3 Å². The first-order chi connectivity index (χ1) is 8.08. The summed E-state index contributed by atoms with van der Waals surface area (Å²) in [6.45, 7) is 0. The average Bonchev–Trinajstić information content (AvgIpc) is 2.64. The van der Waals surface area contributed by atoms with Gasteiger partial charge in [-0.15, -0.1) is 0 Å². The Morgan fingerprint density at radius 2 is 2.24 bits per heavy atom. The summed E-state index contributed by atoms with van der Waals surface area (Å²) in [4.78, 5) is 12.0. The lowest BCUT2D eigenvalue weighted by Gasteiger charge is -2.17. The standard InChI is InChI=1S/C12H14BrFN2O/c13-9-6-7(14)4-5-8(9)12(17)16-11-3-1-2-10(11)15/h4-6,10-11H,1-3,15H2,(H,16,17). The molecule has 0 heterocycles. The second kappa shape index (κ2) is 5.14. The molecule has 1 aliphatic carbocycles. The van der Waals surface area contributed by atoms with Gasteiger partial charge >= 0.3 is 0 Å². The monoisotopic (exact) mass is 300 g/mol. The minimum absolute atomic E-state index is 0.0261. The fourth-order valence-electron chi connectivity index (χ4n) is 2.09. The number of rotatable bonds is 2. The zero-order chi connectivity index (χ0) is 12.4. The molecule has 1 amide bonds. The Labute approximate surface area is 108 Å². The van der Waals surface area contributed by atoms with Gasteiger partial charge < -0.3 is 11.1 Å². The third-order valence-electron chi connectivity index (χ3n) is 3.06. The smallest absolute Gasteiger partial charge is 0.252 e. The molecule has 3 nitrogen and oxygen atoms in total. The number of carbonyl (C=O) groups excluding carboxylic acids is 1. The molecule has 0 aromatic heterocycles. The van der Waals surface area contributed by atoms with E-state index >= 15 is 0 Å². The Morgan fingerprint density at radius 3 is 2.82 bits per heavy atom. The largest absolute Gasteiger partial charge is 0.348 e. The summed E-state index contributed by atoms with van der Waals surface area (Å²) in [5.74, 6) is -0.579. The highest BCUT2D eigenvalue weighted by atomic mass is 79.9. The zero-order valence-electron chi connectivity index (χ0n) is 9.25. The van der Waals surface area contributed by atoms with Crippen molar-refractivity contribution in [2.24, 2.45) is 5.73 Å². The van der Waals surface area contributed by atoms with Gasteiger partial charge in [-0.05, 0) is 53.4 Å². The van der Waals surface area contributed by atoms with E-state index in [1.807, 2.05) is 0 Å². The molecule has 1 aliphatic rings. The average molecular weight is 301 g/mol. The lowest BCUT2D eigenvalue weighted by atomic mass is 10.1. The fraction of sp³-hybridized carbons (Fsp3) is 0.417. The Balaban J connectivity index is 2.09. The number of nitrogens with one attached hydrogen (secondary N) is 1. The molecular formula is C12H14BrFN2O. The second-order valence-electron chi connectivity index (χ2n) is 4.30. The zero-order valence-corrected chi connectivity index (χ0v) is 10.8. The van der Waals surface area contributed by atoms with Gasteiger partial charge in [0.05, 0.1) is 5.56 Å². The first-order valence-corrected chi connectivity index (χ1v) is 6.38. The number of benzene rings is 1. The van der Waals surface area contributed by atoms with Crippen molar-refractivity contribution < 1.29 is 9.18 Å². The molecule has 2 atom stereocenters. The van der Waals surface area contributed by atoms with Gasteiger partial charge in [-0.2, -0.15) is 0 Å². The fourth-order valence-corrected chi connectivity index (χ4v) is 2.62. The van der Waals surface area contributed by atoms with Crippen LogP contribution in [-0.2, 0) is 0 Å². The van der Waals surface area contributed by atoms with Crippen LogP contribution in [0.1, 0.15) is 29.6 Å². The van der Waals surface area contributed by atoms with Crippen molar-refractivity contribution in [1.29, 1.82) is 0 Å². The van der Waals surface area contributed by atoms with Crippen molar-refractivity contribution in [3.8, 4) is 0 Å². The molecule has 0 saturated heterocycles. The van der Waals surface area contributed by atoms with Gasteiger partial charge in [0, 0.05) is 16.6 Å². The summed E-state index contributed by atoms with van der Waals surface area (Å²) in [7, 11) is 0. The van der Waals surface area contributed by atoms with Gasteiger partial charge in [-0.1, -0.05) is 0 Å². The van der Waals surface area contributed by atoms with E-state index in [4.69, 9.17) is 5.73 Å². The Bertz CT molecular complexity index is 439. The Morgan fingerprint density at radius 1 is 1.47 bits per heavy atom. The molecule has 3 N–H and O–H groups in total. The predicted molar refractivity (Wildman–Crippen MR) is 67.2 cm³/mol. The molecule has 1 saturated carbocycles.